The molecule has 0 spiro atoms. The number of nitrogens with one attached hydrogen (secondary N) is 1. The van der Waals surface area contributed by atoms with Crippen LogP contribution in [0.1, 0.15) is 19.8 Å². The van der Waals surface area contributed by atoms with E-state index >= 15 is 0 Å². The molecule has 0 unspecified atom stereocenters. The minimum absolute atomic E-state index is 0.135. The van der Waals surface area contributed by atoms with Crippen molar-refractivity contribution in [2.75, 3.05) is 29.0 Å². The topological polar surface area (TPSA) is 58.4 Å². The van der Waals surface area contributed by atoms with Gasteiger partial charge in [0.1, 0.15) is 0 Å². The maximum atomic E-state index is 11.1. The van der Waals surface area contributed by atoms with Crippen molar-refractivity contribution in [3.8, 4) is 0 Å². The standard InChI is InChI=1S/C12H16ClN3O/c1-8(17)15-11-7-12(10(14)6-9(11)13)16-4-2-3-5-16/h6-7H,2-5,14H2,1H3,(H,15,17). The fraction of sp³-hybridized carbons (Fsp3) is 0.417. The molecule has 0 atom stereocenters. The van der Waals surface area contributed by atoms with Crippen molar-refractivity contribution in [1.82, 2.24) is 0 Å². The highest BCUT2D eigenvalue weighted by atomic mass is 35.5. The Bertz CT molecular complexity index is 442. The molecule has 4 nitrogen and oxygen atoms in total. The fourth-order valence-corrected chi connectivity index (χ4v) is 2.31. The largest absolute Gasteiger partial charge is 0.397 e. The van der Waals surface area contributed by atoms with Gasteiger partial charge in [0, 0.05) is 20.0 Å². The molecular formula is C12H16ClN3O. The summed E-state index contributed by atoms with van der Waals surface area (Å²) < 4.78 is 0. The average molecular weight is 254 g/mol. The molecule has 17 heavy (non-hydrogen) atoms. The molecule has 1 aromatic rings. The molecule has 0 aromatic heterocycles. The first-order valence-electron chi connectivity index (χ1n) is 5.69. The van der Waals surface area contributed by atoms with E-state index < -0.39 is 0 Å². The highest BCUT2D eigenvalue weighted by Crippen LogP contribution is 2.34. The van der Waals surface area contributed by atoms with Gasteiger partial charge in [0.15, 0.2) is 0 Å². The van der Waals surface area contributed by atoms with E-state index in [2.05, 4.69) is 10.2 Å². The van der Waals surface area contributed by atoms with Gasteiger partial charge >= 0.3 is 0 Å². The van der Waals surface area contributed by atoms with Crippen molar-refractivity contribution in [3.05, 3.63) is 17.2 Å². The Hall–Kier alpha value is -1.42. The van der Waals surface area contributed by atoms with Crippen molar-refractivity contribution in [2.24, 2.45) is 0 Å². The summed E-state index contributed by atoms with van der Waals surface area (Å²) in [7, 11) is 0. The van der Waals surface area contributed by atoms with Crippen LogP contribution in [0.4, 0.5) is 17.1 Å². The Morgan fingerprint density at radius 1 is 1.41 bits per heavy atom. The maximum absolute atomic E-state index is 11.1. The summed E-state index contributed by atoms with van der Waals surface area (Å²) in [6.07, 6.45) is 2.36. The number of carbonyl (C=O) groups excluding carboxylic acids is 1. The summed E-state index contributed by atoms with van der Waals surface area (Å²) in [5.41, 5.74) is 8.20. The number of nitrogens with zero attached hydrogens (tertiary/aromatic N) is 1. The van der Waals surface area contributed by atoms with Crippen LogP contribution >= 0.6 is 11.6 Å². The Labute approximate surface area is 106 Å². The minimum Gasteiger partial charge on any atom is -0.397 e. The zero-order chi connectivity index (χ0) is 12.4. The number of amides is 1. The predicted molar refractivity (Wildman–Crippen MR) is 71.6 cm³/mol. The Balaban J connectivity index is 2.34. The van der Waals surface area contributed by atoms with E-state index in [-0.39, 0.29) is 5.91 Å². The zero-order valence-electron chi connectivity index (χ0n) is 9.79. The number of hydrogen-bond acceptors (Lipinski definition) is 3. The van der Waals surface area contributed by atoms with Crippen LogP contribution in [0.15, 0.2) is 12.1 Å². The molecular weight excluding hydrogens is 238 g/mol. The second-order valence-electron chi connectivity index (χ2n) is 4.27. The van der Waals surface area contributed by atoms with Crippen molar-refractivity contribution in [2.45, 2.75) is 19.8 Å². The first-order chi connectivity index (χ1) is 8.08. The van der Waals surface area contributed by atoms with E-state index in [9.17, 15) is 4.79 Å². The Morgan fingerprint density at radius 2 is 2.06 bits per heavy atom. The van der Waals surface area contributed by atoms with Gasteiger partial charge in [0.05, 0.1) is 22.1 Å². The summed E-state index contributed by atoms with van der Waals surface area (Å²) in [6.45, 7) is 3.47. The second kappa shape index (κ2) is 4.84. The average Bonchev–Trinajstić information content (AvgIpc) is 2.74. The monoisotopic (exact) mass is 253 g/mol. The van der Waals surface area contributed by atoms with Crippen LogP contribution in [-0.2, 0) is 4.79 Å². The van der Waals surface area contributed by atoms with E-state index in [0.29, 0.717) is 16.4 Å². The number of nitrogen functional groups attached to an aromatic ring is 1. The van der Waals surface area contributed by atoms with Gasteiger partial charge in [0.2, 0.25) is 5.91 Å². The molecule has 1 amide bonds. The predicted octanol–water partition coefficient (Wildman–Crippen LogP) is 2.48. The number of nitrogens with two attached hydrogens (primary N) is 1. The van der Waals surface area contributed by atoms with Crippen LogP contribution in [0.5, 0.6) is 0 Å². The van der Waals surface area contributed by atoms with Gasteiger partial charge in [-0.25, -0.2) is 0 Å². The van der Waals surface area contributed by atoms with Gasteiger partial charge < -0.3 is 16.0 Å². The molecule has 1 aliphatic rings. The zero-order valence-corrected chi connectivity index (χ0v) is 10.5. The lowest BCUT2D eigenvalue weighted by atomic mass is 10.2. The number of carbonyl (C=O) groups is 1. The lowest BCUT2D eigenvalue weighted by Crippen LogP contribution is -2.19. The van der Waals surface area contributed by atoms with E-state index in [1.807, 2.05) is 6.07 Å². The summed E-state index contributed by atoms with van der Waals surface area (Å²) in [5, 5.41) is 3.18. The van der Waals surface area contributed by atoms with Gasteiger partial charge in [-0.2, -0.15) is 0 Å². The van der Waals surface area contributed by atoms with E-state index in [4.69, 9.17) is 17.3 Å². The summed E-state index contributed by atoms with van der Waals surface area (Å²) >= 11 is 6.04. The SMILES string of the molecule is CC(=O)Nc1cc(N2CCCC2)c(N)cc1Cl. The number of anilines is 3. The van der Waals surface area contributed by atoms with Crippen molar-refractivity contribution < 1.29 is 4.79 Å². The maximum Gasteiger partial charge on any atom is 0.221 e. The second-order valence-corrected chi connectivity index (χ2v) is 4.67. The van der Waals surface area contributed by atoms with Crippen LogP contribution in [0.3, 0.4) is 0 Å². The molecule has 1 aliphatic heterocycles. The summed E-state index contributed by atoms with van der Waals surface area (Å²) in [5.74, 6) is -0.135. The molecule has 1 heterocycles. The molecule has 1 aromatic carbocycles. The lowest BCUT2D eigenvalue weighted by Gasteiger charge is -2.21. The van der Waals surface area contributed by atoms with E-state index in [1.165, 1.54) is 19.8 Å². The molecule has 0 bridgehead atoms. The van der Waals surface area contributed by atoms with Crippen LogP contribution in [-0.4, -0.2) is 19.0 Å². The van der Waals surface area contributed by atoms with Crippen molar-refractivity contribution in [1.29, 1.82) is 0 Å². The lowest BCUT2D eigenvalue weighted by molar-refractivity contribution is -0.114. The molecule has 5 heteroatoms. The molecule has 2 rings (SSSR count). The Morgan fingerprint density at radius 3 is 2.65 bits per heavy atom. The van der Waals surface area contributed by atoms with Gasteiger partial charge in [-0.3, -0.25) is 4.79 Å². The van der Waals surface area contributed by atoms with Crippen molar-refractivity contribution in [3.63, 3.8) is 0 Å². The van der Waals surface area contributed by atoms with Gasteiger partial charge in [-0.05, 0) is 25.0 Å². The third kappa shape index (κ3) is 2.64. The number of rotatable bonds is 2. The van der Waals surface area contributed by atoms with Crippen molar-refractivity contribution >= 4 is 34.6 Å². The third-order valence-corrected chi connectivity index (χ3v) is 3.19. The van der Waals surface area contributed by atoms with Crippen LogP contribution in [0.2, 0.25) is 5.02 Å². The summed E-state index contributed by atoms with van der Waals surface area (Å²) in [6, 6.07) is 3.55. The molecule has 0 radical (unpaired) electrons. The highest BCUT2D eigenvalue weighted by molar-refractivity contribution is 6.34. The van der Waals surface area contributed by atoms with Crippen LogP contribution < -0.4 is 16.0 Å². The first kappa shape index (κ1) is 12.0. The van der Waals surface area contributed by atoms with Gasteiger partial charge in [-0.15, -0.1) is 0 Å². The third-order valence-electron chi connectivity index (χ3n) is 2.87. The Kier molecular flexibility index (Phi) is 3.43. The number of benzene rings is 1. The van der Waals surface area contributed by atoms with E-state index in [1.54, 1.807) is 6.07 Å². The number of halogens is 1. The summed E-state index contributed by atoms with van der Waals surface area (Å²) in [4.78, 5) is 13.3. The normalized spacial score (nSPS) is 15.1. The molecule has 1 fully saturated rings. The highest BCUT2D eigenvalue weighted by Gasteiger charge is 2.17. The molecule has 0 aliphatic carbocycles. The van der Waals surface area contributed by atoms with Crippen LogP contribution in [0.25, 0.3) is 0 Å². The smallest absolute Gasteiger partial charge is 0.221 e. The van der Waals surface area contributed by atoms with Crippen LogP contribution in [0, 0.1) is 0 Å². The number of hydrogen-bond donors (Lipinski definition) is 2. The van der Waals surface area contributed by atoms with Gasteiger partial charge in [0.25, 0.3) is 0 Å². The first-order valence-corrected chi connectivity index (χ1v) is 6.07. The minimum atomic E-state index is -0.135. The molecule has 92 valence electrons. The molecule has 0 saturated carbocycles. The van der Waals surface area contributed by atoms with E-state index in [0.717, 1.165) is 18.8 Å². The molecule has 1 saturated heterocycles. The van der Waals surface area contributed by atoms with Gasteiger partial charge in [-0.1, -0.05) is 11.6 Å². The quantitative estimate of drug-likeness (QED) is 0.796. The fourth-order valence-electron chi connectivity index (χ4n) is 2.09. The molecule has 3 N–H and O–H groups in total.